The molecule has 13 nitrogen and oxygen atoms in total. The van der Waals surface area contributed by atoms with Gasteiger partial charge in [0.2, 0.25) is 18.3 Å². The number of hydrogen-bond acceptors (Lipinski definition) is 11. The Balaban J connectivity index is 0.00000116. The third-order valence-electron chi connectivity index (χ3n) is 12.3. The number of likely N-dealkylation sites (tertiary alicyclic amines) is 1. The van der Waals surface area contributed by atoms with Gasteiger partial charge in [-0.2, -0.15) is 4.98 Å². The molecule has 1 spiro atoms. The molecule has 2 aliphatic carbocycles. The van der Waals surface area contributed by atoms with Crippen molar-refractivity contribution in [1.82, 2.24) is 24.6 Å². The van der Waals surface area contributed by atoms with Crippen LogP contribution in [0, 0.1) is 0 Å². The van der Waals surface area contributed by atoms with E-state index in [1.54, 1.807) is 13.4 Å². The minimum Gasteiger partial charge on any atom is -0.372 e. The molecule has 2 amide bonds. The van der Waals surface area contributed by atoms with Crippen molar-refractivity contribution in [2.45, 2.75) is 120 Å². The van der Waals surface area contributed by atoms with Gasteiger partial charge in [0.15, 0.2) is 0 Å². The number of aromatic nitrogens is 2. The molecule has 0 bridgehead atoms. The Hall–Kier alpha value is -4.79. The van der Waals surface area contributed by atoms with Crippen LogP contribution in [0.4, 0.5) is 17.5 Å². The van der Waals surface area contributed by atoms with Gasteiger partial charge in [-0.3, -0.25) is 34.8 Å². The summed E-state index contributed by atoms with van der Waals surface area (Å²) in [6.07, 6.45) is 19.1. The second-order valence-corrected chi connectivity index (χ2v) is 17.2. The Bertz CT molecular complexity index is 1970. The number of aryl methyl sites for hydroxylation is 1. The van der Waals surface area contributed by atoms with Gasteiger partial charge in [-0.1, -0.05) is 63.5 Å². The lowest BCUT2D eigenvalue weighted by Crippen LogP contribution is -2.42. The highest BCUT2D eigenvalue weighted by Crippen LogP contribution is 2.57. The molecule has 2 aromatic carbocycles. The van der Waals surface area contributed by atoms with Crippen LogP contribution >= 0.6 is 11.9 Å². The molecule has 4 N–H and O–H groups in total. The Morgan fingerprint density at radius 2 is 1.80 bits per heavy atom. The van der Waals surface area contributed by atoms with E-state index in [0.29, 0.717) is 18.3 Å². The number of rotatable bonds is 14. The van der Waals surface area contributed by atoms with E-state index >= 15 is 0 Å². The highest BCUT2D eigenvalue weighted by Gasteiger charge is 2.61. The average molecular weight is 837 g/mol. The number of carbonyl (C=O) groups excluding carboxylic acids is 3. The fraction of sp³-hybridized carbons (Fsp3) is 0.522. The van der Waals surface area contributed by atoms with Gasteiger partial charge in [0.25, 0.3) is 0 Å². The Morgan fingerprint density at radius 3 is 2.48 bits per heavy atom. The number of aldehydes is 1. The molecule has 1 saturated heterocycles. The van der Waals surface area contributed by atoms with Crippen molar-refractivity contribution in [1.29, 1.82) is 0 Å². The van der Waals surface area contributed by atoms with Crippen LogP contribution < -0.4 is 26.4 Å². The Labute approximate surface area is 360 Å². The van der Waals surface area contributed by atoms with Crippen molar-refractivity contribution in [3.63, 3.8) is 0 Å². The normalized spacial score (nSPS) is 19.1. The molecular weight excluding hydrogens is 773 g/mol. The number of piperidine rings is 1. The molecule has 322 valence electrons. The van der Waals surface area contributed by atoms with E-state index in [1.807, 2.05) is 44.0 Å². The summed E-state index contributed by atoms with van der Waals surface area (Å²) in [6, 6.07) is 16.0. The molecule has 0 unspecified atom stereocenters. The maximum atomic E-state index is 13.6. The smallest absolute Gasteiger partial charge is 0.239 e. The van der Waals surface area contributed by atoms with Crippen LogP contribution in [-0.2, 0) is 32.8 Å². The third kappa shape index (κ3) is 10.7. The zero-order valence-electron chi connectivity index (χ0n) is 35.9. The molecular formula is C46H64N10O3S. The predicted octanol–water partition coefficient (Wildman–Crippen LogP) is 7.13. The lowest BCUT2D eigenvalue weighted by molar-refractivity contribution is -0.120. The molecule has 1 aromatic heterocycles. The average Bonchev–Trinajstić information content (AvgIpc) is 4.05. The van der Waals surface area contributed by atoms with E-state index < -0.39 is 0 Å². The van der Waals surface area contributed by atoms with Crippen LogP contribution in [0.25, 0.3) is 0 Å². The number of aliphatic imine (C=N–C) groups is 1. The summed E-state index contributed by atoms with van der Waals surface area (Å²) in [4.78, 5) is 52.9. The number of primary amides is 1. The van der Waals surface area contributed by atoms with Gasteiger partial charge in [-0.25, -0.2) is 9.29 Å². The number of hydrogen-bond donors (Lipinski definition) is 3. The maximum absolute atomic E-state index is 13.6. The third-order valence-corrected chi connectivity index (χ3v) is 13.3. The molecule has 0 radical (unpaired) electrons. The first-order valence-electron chi connectivity index (χ1n) is 21.9. The van der Waals surface area contributed by atoms with Crippen molar-refractivity contribution < 1.29 is 14.4 Å². The van der Waals surface area contributed by atoms with Crippen molar-refractivity contribution in [3.05, 3.63) is 82.7 Å². The highest BCUT2D eigenvalue weighted by molar-refractivity contribution is 7.97. The van der Waals surface area contributed by atoms with Crippen molar-refractivity contribution in [3.8, 4) is 0 Å². The number of nitrogens with one attached hydrogen (secondary N) is 2. The predicted molar refractivity (Wildman–Crippen MR) is 243 cm³/mol. The lowest BCUT2D eigenvalue weighted by atomic mass is 9.88. The molecule has 3 aromatic rings. The maximum Gasteiger partial charge on any atom is 0.239 e. The SMILES string of the molecule is CC.CN=CNN(C)c1cc(C2CCN(Cc3cccc(SN4CC=C(Nc5ncc6c(n5)N(C5CCCCC5)C(=O)C65CC5)CC4)c3)CC2)ccc1CCC=O.NC=O. The Morgan fingerprint density at radius 1 is 1.03 bits per heavy atom. The van der Waals surface area contributed by atoms with Crippen LogP contribution in [-0.4, -0.2) is 90.4 Å². The first kappa shape index (κ1) is 44.8. The number of amides is 2. The lowest BCUT2D eigenvalue weighted by Gasteiger charge is -2.33. The largest absolute Gasteiger partial charge is 0.372 e. The minimum atomic E-state index is -0.348. The number of anilines is 3. The number of fused-ring (bicyclic) bond motifs is 2. The van der Waals surface area contributed by atoms with Gasteiger partial charge in [-0.15, -0.1) is 0 Å². The molecule has 14 heteroatoms. The van der Waals surface area contributed by atoms with Gasteiger partial charge in [-0.05, 0) is 111 Å². The number of hydrazine groups is 1. The van der Waals surface area contributed by atoms with Crippen LogP contribution in [0.3, 0.4) is 0 Å². The number of nitrogens with zero attached hydrogens (tertiary/aromatic N) is 7. The molecule has 4 heterocycles. The topological polar surface area (TPSA) is 152 Å². The second-order valence-electron chi connectivity index (χ2n) is 16.1. The van der Waals surface area contributed by atoms with E-state index in [4.69, 9.17) is 14.8 Å². The van der Waals surface area contributed by atoms with Gasteiger partial charge in [0.1, 0.15) is 18.4 Å². The molecule has 60 heavy (non-hydrogen) atoms. The quantitative estimate of drug-likeness (QED) is 0.0500. The second kappa shape index (κ2) is 21.6. The van der Waals surface area contributed by atoms with Crippen LogP contribution in [0.1, 0.15) is 113 Å². The molecule has 3 aliphatic heterocycles. The van der Waals surface area contributed by atoms with E-state index in [0.717, 1.165) is 113 Å². The van der Waals surface area contributed by atoms with Crippen molar-refractivity contribution >= 4 is 54.3 Å². The molecule has 3 fully saturated rings. The van der Waals surface area contributed by atoms with Crippen molar-refractivity contribution in [2.75, 3.05) is 55.5 Å². The summed E-state index contributed by atoms with van der Waals surface area (Å²) in [5.74, 6) is 2.24. The minimum absolute atomic E-state index is 0.250. The van der Waals surface area contributed by atoms with Gasteiger partial charge >= 0.3 is 0 Å². The van der Waals surface area contributed by atoms with E-state index in [1.165, 1.54) is 40.8 Å². The summed E-state index contributed by atoms with van der Waals surface area (Å²) < 4.78 is 2.42. The number of carbonyl (C=O) groups is 3. The van der Waals surface area contributed by atoms with Crippen LogP contribution in [0.5, 0.6) is 0 Å². The molecule has 5 aliphatic rings. The monoisotopic (exact) mass is 836 g/mol. The molecule has 2 saturated carbocycles. The summed E-state index contributed by atoms with van der Waals surface area (Å²) in [6.45, 7) is 8.86. The van der Waals surface area contributed by atoms with Crippen molar-refractivity contribution in [2.24, 2.45) is 10.7 Å². The molecule has 0 atom stereocenters. The summed E-state index contributed by atoms with van der Waals surface area (Å²) >= 11 is 1.83. The standard InChI is InChI=1S/C43H55N9O2S.C2H6.CH3NO/c1-44-30-46-49(2)39-27-34(14-13-33(39)9-7-25-53)32-15-21-50(22-16-32)29-31-8-6-12-37(26-31)55-51-23-17-35(18-24-51)47-42-45-28-38-40(48-42)52(36-10-4-3-5-11-36)41(54)43(38)19-20-43;1-2;2-1-3/h6,8,12-14,17,25-28,30,32,36H,3-5,7,9-11,15-16,18-24,29H2,1-2H3,(H,44,46)(H,45,47,48);1-2H3;1H,(H2,2,3). The van der Waals surface area contributed by atoms with Gasteiger partial charge in [0.05, 0.1) is 11.1 Å². The summed E-state index contributed by atoms with van der Waals surface area (Å²) in [5, 5.41) is 5.51. The molecule has 8 rings (SSSR count). The fourth-order valence-corrected chi connectivity index (χ4v) is 9.97. The first-order valence-corrected chi connectivity index (χ1v) is 22.7. The van der Waals surface area contributed by atoms with E-state index in [2.05, 4.69) is 84.1 Å². The summed E-state index contributed by atoms with van der Waals surface area (Å²) in [7, 11) is 3.75. The zero-order chi connectivity index (χ0) is 42.5. The first-order chi connectivity index (χ1) is 29.3. The van der Waals surface area contributed by atoms with E-state index in [-0.39, 0.29) is 23.8 Å². The Kier molecular flexibility index (Phi) is 16.1. The van der Waals surface area contributed by atoms with Gasteiger partial charge < -0.3 is 15.8 Å². The zero-order valence-corrected chi connectivity index (χ0v) is 36.8. The number of benzene rings is 2. The van der Waals surface area contributed by atoms with Crippen LogP contribution in [0.15, 0.2) is 70.3 Å². The number of nitrogens with two attached hydrogens (primary N) is 1. The van der Waals surface area contributed by atoms with E-state index in [9.17, 15) is 9.59 Å². The highest BCUT2D eigenvalue weighted by atomic mass is 32.2. The fourth-order valence-electron chi connectivity index (χ4n) is 8.99. The van der Waals surface area contributed by atoms with Gasteiger partial charge in [0, 0.05) is 75.0 Å². The summed E-state index contributed by atoms with van der Waals surface area (Å²) in [5.41, 5.74) is 14.2. The van der Waals surface area contributed by atoms with Crippen LogP contribution in [0.2, 0.25) is 0 Å².